The molecular formula is C38H47F4N3O3. The third kappa shape index (κ3) is 9.50. The summed E-state index contributed by atoms with van der Waals surface area (Å²) >= 11 is 0. The maximum atomic E-state index is 16.3. The van der Waals surface area contributed by atoms with Gasteiger partial charge in [0.1, 0.15) is 24.0 Å². The number of nitrogens with zero attached hydrogens (tertiary/aromatic N) is 3. The van der Waals surface area contributed by atoms with Gasteiger partial charge in [0.2, 0.25) is 0 Å². The highest BCUT2D eigenvalue weighted by Gasteiger charge is 2.38. The number of hydrogen-bond donors (Lipinski definition) is 1. The van der Waals surface area contributed by atoms with Gasteiger partial charge in [0.15, 0.2) is 0 Å². The van der Waals surface area contributed by atoms with Crippen LogP contribution >= 0.6 is 0 Å². The zero-order valence-electron chi connectivity index (χ0n) is 27.7. The average molecular weight is 670 g/mol. The fraction of sp³-hybridized carbons (Fsp3) is 0.500. The van der Waals surface area contributed by atoms with Gasteiger partial charge in [0, 0.05) is 30.4 Å². The Labute approximate surface area is 281 Å². The van der Waals surface area contributed by atoms with Crippen molar-refractivity contribution >= 4 is 11.7 Å². The van der Waals surface area contributed by atoms with E-state index in [1.807, 2.05) is 53.1 Å². The molecule has 1 fully saturated rings. The number of ether oxygens (including phenoxy) is 1. The van der Waals surface area contributed by atoms with E-state index in [4.69, 9.17) is 4.74 Å². The van der Waals surface area contributed by atoms with Crippen molar-refractivity contribution in [2.45, 2.75) is 83.4 Å². The lowest BCUT2D eigenvalue weighted by atomic mass is 9.84. The van der Waals surface area contributed by atoms with Crippen LogP contribution < -0.4 is 9.64 Å². The number of aliphatic carboxylic acids is 1. The van der Waals surface area contributed by atoms with E-state index >= 15 is 8.78 Å². The van der Waals surface area contributed by atoms with Crippen molar-refractivity contribution in [1.29, 1.82) is 0 Å². The van der Waals surface area contributed by atoms with Crippen LogP contribution in [0.3, 0.4) is 0 Å². The fourth-order valence-corrected chi connectivity index (χ4v) is 7.14. The largest absolute Gasteiger partial charge is 0.489 e. The van der Waals surface area contributed by atoms with Gasteiger partial charge in [-0.3, -0.25) is 14.6 Å². The minimum absolute atomic E-state index is 0.0409. The number of carboxylic acids is 1. The fourth-order valence-electron chi connectivity index (χ4n) is 7.14. The second-order valence-electron chi connectivity index (χ2n) is 13.1. The van der Waals surface area contributed by atoms with Crippen LogP contribution in [0.4, 0.5) is 23.2 Å². The first-order valence-electron chi connectivity index (χ1n) is 17.2. The normalized spacial score (nSPS) is 20.4. The molecule has 3 aromatic rings. The van der Waals surface area contributed by atoms with Crippen molar-refractivity contribution in [3.63, 3.8) is 0 Å². The van der Waals surface area contributed by atoms with E-state index in [2.05, 4.69) is 0 Å². The van der Waals surface area contributed by atoms with Crippen LogP contribution in [0.15, 0.2) is 60.7 Å². The van der Waals surface area contributed by atoms with E-state index < -0.39 is 36.6 Å². The molecule has 3 aromatic carbocycles. The summed E-state index contributed by atoms with van der Waals surface area (Å²) in [5.41, 5.74) is 2.67. The first kappa shape index (κ1) is 35.7. The van der Waals surface area contributed by atoms with E-state index in [1.165, 1.54) is 17.0 Å². The van der Waals surface area contributed by atoms with Crippen molar-refractivity contribution in [2.24, 2.45) is 0 Å². The van der Waals surface area contributed by atoms with Gasteiger partial charge in [-0.15, -0.1) is 0 Å². The van der Waals surface area contributed by atoms with Gasteiger partial charge in [-0.1, -0.05) is 55.7 Å². The van der Waals surface area contributed by atoms with E-state index in [-0.39, 0.29) is 18.2 Å². The zero-order valence-corrected chi connectivity index (χ0v) is 27.7. The van der Waals surface area contributed by atoms with Crippen LogP contribution in [0.1, 0.15) is 80.2 Å². The molecule has 260 valence electrons. The summed E-state index contributed by atoms with van der Waals surface area (Å²) in [7, 11) is 0. The molecule has 2 heterocycles. The van der Waals surface area contributed by atoms with Gasteiger partial charge in [-0.2, -0.15) is 0 Å². The van der Waals surface area contributed by atoms with Crippen molar-refractivity contribution < 1.29 is 32.2 Å². The molecule has 1 N–H and O–H groups in total. The second kappa shape index (κ2) is 17.2. The predicted octanol–water partition coefficient (Wildman–Crippen LogP) is 8.08. The van der Waals surface area contributed by atoms with Crippen molar-refractivity contribution in [3.8, 4) is 5.75 Å². The van der Waals surface area contributed by atoms with Crippen molar-refractivity contribution in [2.75, 3.05) is 44.2 Å². The van der Waals surface area contributed by atoms with Crippen LogP contribution in [0.2, 0.25) is 0 Å². The van der Waals surface area contributed by atoms with E-state index in [9.17, 15) is 18.7 Å². The molecule has 48 heavy (non-hydrogen) atoms. The summed E-state index contributed by atoms with van der Waals surface area (Å²) in [6, 6.07) is 16.4. The van der Waals surface area contributed by atoms with Crippen LogP contribution in [0, 0.1) is 11.6 Å². The molecule has 10 heteroatoms. The Morgan fingerprint density at radius 1 is 0.875 bits per heavy atom. The van der Waals surface area contributed by atoms with Crippen LogP contribution in [-0.2, 0) is 17.8 Å². The maximum Gasteiger partial charge on any atom is 0.317 e. The zero-order chi connectivity index (χ0) is 34.0. The monoisotopic (exact) mass is 669 g/mol. The summed E-state index contributed by atoms with van der Waals surface area (Å²) in [4.78, 5) is 16.8. The Balaban J connectivity index is 1.39. The van der Waals surface area contributed by atoms with Gasteiger partial charge in [-0.05, 0) is 93.1 Å². The molecule has 0 aliphatic carbocycles. The lowest BCUT2D eigenvalue weighted by molar-refractivity contribution is -0.138. The topological polar surface area (TPSA) is 56.3 Å². The Morgan fingerprint density at radius 3 is 2.12 bits per heavy atom. The molecular weight excluding hydrogens is 622 g/mol. The molecule has 2 aliphatic heterocycles. The first-order valence-corrected chi connectivity index (χ1v) is 17.2. The number of alkyl halides is 2. The maximum absolute atomic E-state index is 16.3. The van der Waals surface area contributed by atoms with Crippen LogP contribution in [-0.4, -0.2) is 72.6 Å². The van der Waals surface area contributed by atoms with Crippen molar-refractivity contribution in [1.82, 2.24) is 9.80 Å². The van der Waals surface area contributed by atoms with Gasteiger partial charge >= 0.3 is 5.97 Å². The number of benzene rings is 3. The number of anilines is 1. The third-order valence-corrected chi connectivity index (χ3v) is 9.54. The molecule has 1 saturated heterocycles. The molecule has 0 radical (unpaired) electrons. The molecule has 0 amide bonds. The highest BCUT2D eigenvalue weighted by molar-refractivity contribution is 5.69. The predicted molar refractivity (Wildman–Crippen MR) is 180 cm³/mol. The first-order chi connectivity index (χ1) is 23.2. The Hall–Kier alpha value is -3.63. The van der Waals surface area contributed by atoms with Gasteiger partial charge < -0.3 is 14.7 Å². The summed E-state index contributed by atoms with van der Waals surface area (Å²) in [5.74, 6) is -1.70. The van der Waals surface area contributed by atoms with Gasteiger partial charge in [0.25, 0.3) is 6.43 Å². The Kier molecular flexibility index (Phi) is 12.7. The molecule has 0 aromatic heterocycles. The average Bonchev–Trinajstić information content (AvgIpc) is 3.06. The number of carboxylic acid groups (broad SMARTS) is 1. The highest BCUT2D eigenvalue weighted by atomic mass is 19.3. The Morgan fingerprint density at radius 2 is 1.50 bits per heavy atom. The van der Waals surface area contributed by atoms with Crippen molar-refractivity contribution in [3.05, 3.63) is 94.6 Å². The lowest BCUT2D eigenvalue weighted by Crippen LogP contribution is -2.45. The lowest BCUT2D eigenvalue weighted by Gasteiger charge is -2.42. The smallest absolute Gasteiger partial charge is 0.317 e. The van der Waals surface area contributed by atoms with Crippen LogP contribution in [0.25, 0.3) is 0 Å². The molecule has 0 spiro atoms. The summed E-state index contributed by atoms with van der Waals surface area (Å²) in [5, 5.41) is 9.24. The summed E-state index contributed by atoms with van der Waals surface area (Å²) < 4.78 is 66.3. The quantitative estimate of drug-likeness (QED) is 0.233. The SMILES string of the molecule is C[C@@H]1Cc2cc(OCc3ccccc3)ccc2C(c2c(F)cc(N3CCCCCCN(CC(=O)O)CCCCC3)cc2F)N1CC(F)F. The highest BCUT2D eigenvalue weighted by Crippen LogP contribution is 2.42. The summed E-state index contributed by atoms with van der Waals surface area (Å²) in [6.45, 7) is 4.34. The molecule has 2 atom stereocenters. The second-order valence-corrected chi connectivity index (χ2v) is 13.1. The number of halogens is 4. The number of hydrogen-bond acceptors (Lipinski definition) is 5. The third-order valence-electron chi connectivity index (χ3n) is 9.54. The number of rotatable bonds is 9. The van der Waals surface area contributed by atoms with E-state index in [1.54, 1.807) is 12.1 Å². The molecule has 0 bridgehead atoms. The standard InChI is InChI=1S/C38H47F4N3O3/c1-27-20-29-21-31(48-26-28-12-6-4-7-13-28)14-15-32(29)38(45(27)24-35(41)42)37-33(39)22-30(23-34(37)40)44-18-10-3-2-8-16-43(25-36(46)47)17-9-5-11-19-44/h4,6-7,12-15,21-23,27,35,38H,2-3,5,8-11,16-20,24-26H2,1H3,(H,46,47)/t27-,38?/m1/s1. The molecule has 0 saturated carbocycles. The molecule has 1 unspecified atom stereocenters. The van der Waals surface area contributed by atoms with Gasteiger partial charge in [0.05, 0.1) is 19.1 Å². The minimum Gasteiger partial charge on any atom is -0.489 e. The van der Waals surface area contributed by atoms with E-state index in [0.717, 1.165) is 62.6 Å². The number of carbonyl (C=O) groups is 1. The van der Waals surface area contributed by atoms with Crippen LogP contribution in [0.5, 0.6) is 5.75 Å². The Bertz CT molecular complexity index is 1470. The van der Waals surface area contributed by atoms with Gasteiger partial charge in [-0.25, -0.2) is 17.6 Å². The van der Waals surface area contributed by atoms with E-state index in [0.29, 0.717) is 49.7 Å². The molecule has 5 rings (SSSR count). The summed E-state index contributed by atoms with van der Waals surface area (Å²) in [6.07, 6.45) is 3.92. The number of fused-ring (bicyclic) bond motifs is 1. The molecule has 2 aliphatic rings. The molecule has 6 nitrogen and oxygen atoms in total. The minimum atomic E-state index is -2.67.